The van der Waals surface area contributed by atoms with Crippen molar-refractivity contribution in [2.75, 3.05) is 0 Å². The maximum atomic E-state index is 12.2. The number of carbonyl (C=O) groups excluding carboxylic acids is 1. The Morgan fingerprint density at radius 2 is 1.70 bits per heavy atom. The average molecular weight is 455 g/mol. The van der Waals surface area contributed by atoms with E-state index >= 15 is 0 Å². The quantitative estimate of drug-likeness (QED) is 0.219. The van der Waals surface area contributed by atoms with Gasteiger partial charge in [0.2, 0.25) is 0 Å². The lowest BCUT2D eigenvalue weighted by atomic mass is 10.0. The van der Waals surface area contributed by atoms with E-state index in [0.717, 1.165) is 21.3 Å². The van der Waals surface area contributed by atoms with Crippen LogP contribution in [0.4, 0.5) is 0 Å². The second-order valence-electron chi connectivity index (χ2n) is 6.26. The van der Waals surface area contributed by atoms with Gasteiger partial charge in [-0.15, -0.1) is 24.3 Å². The molecular formula is C23H18O4S3. The molecule has 0 atom stereocenters. The van der Waals surface area contributed by atoms with E-state index in [0.29, 0.717) is 34.0 Å². The summed E-state index contributed by atoms with van der Waals surface area (Å²) in [5.74, 6) is 0.646. The first-order valence-electron chi connectivity index (χ1n) is 8.87. The Morgan fingerprint density at radius 1 is 1.00 bits per heavy atom. The normalized spacial score (nSPS) is 10.2. The van der Waals surface area contributed by atoms with Crippen molar-refractivity contribution in [1.82, 2.24) is 0 Å². The fourth-order valence-electron chi connectivity index (χ4n) is 2.79. The molecule has 1 heterocycles. The van der Waals surface area contributed by atoms with Crippen LogP contribution in [0.15, 0.2) is 91.8 Å². The lowest BCUT2D eigenvalue weighted by Crippen LogP contribution is -1.95. The Balaban J connectivity index is 0.000000269. The molecule has 2 aromatic rings. The Morgan fingerprint density at radius 3 is 2.30 bits per heavy atom. The second kappa shape index (κ2) is 10.4. The molecule has 0 saturated carbocycles. The van der Waals surface area contributed by atoms with Crippen molar-refractivity contribution in [3.05, 3.63) is 88.8 Å². The summed E-state index contributed by atoms with van der Waals surface area (Å²) in [6.07, 6.45) is 0. The number of furan rings is 1. The number of aryl methyl sites for hydroxylation is 1. The Kier molecular flexibility index (Phi) is 7.68. The van der Waals surface area contributed by atoms with Gasteiger partial charge in [0.05, 0.1) is 10.5 Å². The highest BCUT2D eigenvalue weighted by Gasteiger charge is 2.20. The molecule has 4 rings (SSSR count). The minimum absolute atomic E-state index is 0.290. The van der Waals surface area contributed by atoms with E-state index in [2.05, 4.69) is 31.2 Å². The number of rotatable bonds is 4. The summed E-state index contributed by atoms with van der Waals surface area (Å²) in [7, 11) is 1.14. The highest BCUT2D eigenvalue weighted by molar-refractivity contribution is 8.68. The standard InChI is InChI=1S/C16H10O4S2.C7H8S/c17-9-19-13-8-12-11(6-7-14(13)22-21)15(16(18)20-12)10-4-2-1-3-5-10;1-6-2-4-7(8)5-3-6/h1-9,21H;2-5,8H,1H3. The zero-order chi connectivity index (χ0) is 21.5. The molecule has 2 aromatic carbocycles. The van der Waals surface area contributed by atoms with E-state index in [9.17, 15) is 9.59 Å². The zero-order valence-electron chi connectivity index (χ0n) is 15.9. The Hall–Kier alpha value is -2.61. The minimum atomic E-state index is -0.426. The first-order valence-corrected chi connectivity index (χ1v) is 11.2. The molecule has 2 aliphatic rings. The maximum Gasteiger partial charge on any atom is 0.344 e. The molecule has 7 heteroatoms. The molecule has 0 saturated heterocycles. The molecule has 4 nitrogen and oxygen atoms in total. The average Bonchev–Trinajstić information content (AvgIpc) is 2.96. The van der Waals surface area contributed by atoms with E-state index < -0.39 is 5.63 Å². The molecule has 0 fully saturated rings. The topological polar surface area (TPSA) is 56.5 Å². The van der Waals surface area contributed by atoms with Crippen molar-refractivity contribution in [1.29, 1.82) is 0 Å². The van der Waals surface area contributed by atoms with E-state index in [1.807, 2.05) is 54.6 Å². The third kappa shape index (κ3) is 5.30. The summed E-state index contributed by atoms with van der Waals surface area (Å²) in [5.41, 5.74) is 2.77. The first-order chi connectivity index (χ1) is 14.5. The predicted octanol–water partition coefficient (Wildman–Crippen LogP) is 6.17. The molecule has 1 aliphatic heterocycles. The van der Waals surface area contributed by atoms with Crippen molar-refractivity contribution in [3.8, 4) is 28.2 Å². The van der Waals surface area contributed by atoms with Gasteiger partial charge >= 0.3 is 5.63 Å². The van der Waals surface area contributed by atoms with Crippen LogP contribution in [0.25, 0.3) is 22.5 Å². The highest BCUT2D eigenvalue weighted by atomic mass is 33.1. The van der Waals surface area contributed by atoms with Gasteiger partial charge in [0, 0.05) is 16.5 Å². The van der Waals surface area contributed by atoms with Gasteiger partial charge in [-0.25, -0.2) is 4.79 Å². The first kappa shape index (κ1) is 22.1. The van der Waals surface area contributed by atoms with Gasteiger partial charge in [-0.1, -0.05) is 58.8 Å². The van der Waals surface area contributed by atoms with Crippen LogP contribution in [0.2, 0.25) is 0 Å². The van der Waals surface area contributed by atoms with Crippen LogP contribution in [-0.4, -0.2) is 6.47 Å². The van der Waals surface area contributed by atoms with Crippen molar-refractivity contribution in [3.63, 3.8) is 0 Å². The van der Waals surface area contributed by atoms with Crippen molar-refractivity contribution in [2.24, 2.45) is 0 Å². The van der Waals surface area contributed by atoms with E-state index in [-0.39, 0.29) is 0 Å². The van der Waals surface area contributed by atoms with E-state index in [1.165, 1.54) is 11.6 Å². The zero-order valence-corrected chi connectivity index (χ0v) is 18.5. The molecule has 0 aromatic heterocycles. The monoisotopic (exact) mass is 454 g/mol. The van der Waals surface area contributed by atoms with Gasteiger partial charge in [0.1, 0.15) is 11.5 Å². The van der Waals surface area contributed by atoms with Crippen LogP contribution in [-0.2, 0) is 4.79 Å². The summed E-state index contributed by atoms with van der Waals surface area (Å²) in [5, 5.41) is 0. The number of benzene rings is 2. The third-order valence-corrected chi connectivity index (χ3v) is 5.64. The molecule has 0 spiro atoms. The van der Waals surface area contributed by atoms with Crippen molar-refractivity contribution >= 4 is 41.6 Å². The van der Waals surface area contributed by atoms with Crippen LogP contribution >= 0.6 is 35.1 Å². The van der Waals surface area contributed by atoms with Gasteiger partial charge in [-0.3, -0.25) is 4.79 Å². The SMILES string of the molecule is Cc1ccc(S)cc1.O=COc1cc2oc(=O)c(-c3ccccc3)c-2ccc1SS. The largest absolute Gasteiger partial charge is 0.427 e. The van der Waals surface area contributed by atoms with Gasteiger partial charge in [-0.2, -0.15) is 0 Å². The maximum absolute atomic E-state index is 12.2. The summed E-state index contributed by atoms with van der Waals surface area (Å²) < 4.78 is 10.3. The third-order valence-electron chi connectivity index (χ3n) is 4.22. The fourth-order valence-corrected chi connectivity index (χ4v) is 3.71. The van der Waals surface area contributed by atoms with Crippen molar-refractivity contribution < 1.29 is 13.9 Å². The molecular weight excluding hydrogens is 436 g/mol. The molecule has 1 aliphatic carbocycles. The van der Waals surface area contributed by atoms with Crippen molar-refractivity contribution in [2.45, 2.75) is 16.7 Å². The molecule has 0 radical (unpaired) electrons. The molecule has 0 unspecified atom stereocenters. The van der Waals surface area contributed by atoms with Crippen LogP contribution < -0.4 is 10.4 Å². The number of fused-ring (bicyclic) bond motifs is 1. The van der Waals surface area contributed by atoms with Gasteiger partial charge in [0.15, 0.2) is 0 Å². The summed E-state index contributed by atoms with van der Waals surface area (Å²) >= 11 is 8.27. The van der Waals surface area contributed by atoms with Crippen LogP contribution in [0, 0.1) is 6.92 Å². The number of hydrogen-bond acceptors (Lipinski definition) is 7. The predicted molar refractivity (Wildman–Crippen MR) is 127 cm³/mol. The number of ether oxygens (including phenoxy) is 1. The molecule has 0 amide bonds. The number of carbonyl (C=O) groups is 1. The molecule has 152 valence electrons. The van der Waals surface area contributed by atoms with Gasteiger partial charge < -0.3 is 9.15 Å². The van der Waals surface area contributed by atoms with E-state index in [1.54, 1.807) is 12.1 Å². The second-order valence-corrected chi connectivity index (χ2v) is 7.94. The molecule has 0 N–H and O–H groups in total. The summed E-state index contributed by atoms with van der Waals surface area (Å²) in [4.78, 5) is 24.5. The Labute approximate surface area is 188 Å². The minimum Gasteiger partial charge on any atom is -0.427 e. The number of hydrogen-bond donors (Lipinski definition) is 2. The summed E-state index contributed by atoms with van der Waals surface area (Å²) in [6.45, 7) is 2.39. The smallest absolute Gasteiger partial charge is 0.344 e. The Bertz CT molecular complexity index is 1130. The summed E-state index contributed by atoms with van der Waals surface area (Å²) in [6, 6.07) is 22.4. The van der Waals surface area contributed by atoms with Crippen LogP contribution in [0.1, 0.15) is 5.56 Å². The number of thiol groups is 2. The molecule has 0 bridgehead atoms. The fraction of sp³-hybridized carbons (Fsp3) is 0.0435. The van der Waals surface area contributed by atoms with Gasteiger partial charge in [-0.05, 0) is 36.8 Å². The lowest BCUT2D eigenvalue weighted by Gasteiger charge is -1.98. The van der Waals surface area contributed by atoms with E-state index in [4.69, 9.17) is 9.15 Å². The lowest BCUT2D eigenvalue weighted by molar-refractivity contribution is -0.120. The van der Waals surface area contributed by atoms with Gasteiger partial charge in [0.25, 0.3) is 6.47 Å². The molecule has 30 heavy (non-hydrogen) atoms. The highest BCUT2D eigenvalue weighted by Crippen LogP contribution is 2.38. The van der Waals surface area contributed by atoms with Crippen LogP contribution in [0.5, 0.6) is 5.75 Å². The van der Waals surface area contributed by atoms with Crippen LogP contribution in [0.3, 0.4) is 0 Å².